The predicted octanol–water partition coefficient (Wildman–Crippen LogP) is 3.41. The minimum Gasteiger partial charge on any atom is -0.374 e. The van der Waals surface area contributed by atoms with Gasteiger partial charge in [0.15, 0.2) is 0 Å². The highest BCUT2D eigenvalue weighted by Crippen LogP contribution is 2.15. The highest BCUT2D eigenvalue weighted by Gasteiger charge is 2.00. The molecule has 0 aliphatic rings. The second kappa shape index (κ2) is 6.75. The summed E-state index contributed by atoms with van der Waals surface area (Å²) in [5.74, 6) is 0. The van der Waals surface area contributed by atoms with Crippen molar-refractivity contribution in [3.05, 3.63) is 54.1 Å². The number of benzene rings is 2. The molecule has 0 unspecified atom stereocenters. The van der Waals surface area contributed by atoms with E-state index in [0.717, 1.165) is 28.8 Å². The van der Waals surface area contributed by atoms with Crippen molar-refractivity contribution in [2.45, 2.75) is 6.42 Å². The number of hydrogen-bond acceptors (Lipinski definition) is 4. The lowest BCUT2D eigenvalue weighted by molar-refractivity contribution is 0.814. The molecule has 23 heavy (non-hydrogen) atoms. The SMILES string of the molecule is CN(CCC#N)c1ccc(/C=C/n2nc3ccccc3n2)cc1. The van der Waals surface area contributed by atoms with Crippen LogP contribution in [0.2, 0.25) is 0 Å². The fraction of sp³-hybridized carbons (Fsp3) is 0.167. The summed E-state index contributed by atoms with van der Waals surface area (Å²) in [5, 5.41) is 17.4. The minimum absolute atomic E-state index is 0.524. The molecule has 114 valence electrons. The van der Waals surface area contributed by atoms with Crippen LogP contribution in [0, 0.1) is 11.3 Å². The average Bonchev–Trinajstić information content (AvgIpc) is 3.01. The van der Waals surface area contributed by atoms with Crippen molar-refractivity contribution in [1.82, 2.24) is 15.0 Å². The smallest absolute Gasteiger partial charge is 0.113 e. The molecule has 2 aromatic carbocycles. The van der Waals surface area contributed by atoms with Crippen LogP contribution in [0.1, 0.15) is 12.0 Å². The molecule has 1 heterocycles. The van der Waals surface area contributed by atoms with Gasteiger partial charge < -0.3 is 4.90 Å². The third-order valence-corrected chi connectivity index (χ3v) is 3.60. The molecule has 5 nitrogen and oxygen atoms in total. The highest BCUT2D eigenvalue weighted by molar-refractivity contribution is 5.74. The van der Waals surface area contributed by atoms with Crippen LogP contribution in [-0.4, -0.2) is 28.6 Å². The maximum atomic E-state index is 8.64. The first-order valence-electron chi connectivity index (χ1n) is 7.44. The van der Waals surface area contributed by atoms with E-state index in [-0.39, 0.29) is 0 Å². The Morgan fingerprint density at radius 3 is 2.35 bits per heavy atom. The van der Waals surface area contributed by atoms with E-state index in [1.165, 1.54) is 0 Å². The summed E-state index contributed by atoms with van der Waals surface area (Å²) in [6, 6.07) is 18.1. The van der Waals surface area contributed by atoms with Crippen molar-refractivity contribution in [3.63, 3.8) is 0 Å². The fourth-order valence-electron chi connectivity index (χ4n) is 2.28. The second-order valence-corrected chi connectivity index (χ2v) is 5.25. The van der Waals surface area contributed by atoms with Crippen molar-refractivity contribution in [2.75, 3.05) is 18.5 Å². The molecule has 0 spiro atoms. The maximum absolute atomic E-state index is 8.64. The van der Waals surface area contributed by atoms with Gasteiger partial charge in [-0.1, -0.05) is 24.3 Å². The first-order valence-corrected chi connectivity index (χ1v) is 7.44. The van der Waals surface area contributed by atoms with Gasteiger partial charge in [-0.05, 0) is 35.9 Å². The standard InChI is InChI=1S/C18H17N5/c1-22(13-4-12-19)16-9-7-15(8-10-16)11-14-23-20-17-5-2-3-6-18(17)21-23/h2-3,5-11,14H,4,13H2,1H3/b14-11+. The summed E-state index contributed by atoms with van der Waals surface area (Å²) in [6.07, 6.45) is 4.34. The van der Waals surface area contributed by atoms with Gasteiger partial charge in [0.05, 0.1) is 18.7 Å². The maximum Gasteiger partial charge on any atom is 0.113 e. The van der Waals surface area contributed by atoms with Crippen LogP contribution in [0.5, 0.6) is 0 Å². The lowest BCUT2D eigenvalue weighted by atomic mass is 10.2. The monoisotopic (exact) mass is 303 g/mol. The van der Waals surface area contributed by atoms with E-state index < -0.39 is 0 Å². The van der Waals surface area contributed by atoms with Crippen LogP contribution in [0.15, 0.2) is 48.5 Å². The van der Waals surface area contributed by atoms with E-state index in [1.807, 2.05) is 67.9 Å². The Labute approximate surface area is 135 Å². The molecule has 0 amide bonds. The number of nitrogens with zero attached hydrogens (tertiary/aromatic N) is 5. The van der Waals surface area contributed by atoms with Gasteiger partial charge >= 0.3 is 0 Å². The molecule has 0 fully saturated rings. The summed E-state index contributed by atoms with van der Waals surface area (Å²) < 4.78 is 0. The van der Waals surface area contributed by atoms with Crippen LogP contribution >= 0.6 is 0 Å². The van der Waals surface area contributed by atoms with Gasteiger partial charge in [0, 0.05) is 19.3 Å². The van der Waals surface area contributed by atoms with Gasteiger partial charge in [-0.3, -0.25) is 0 Å². The van der Waals surface area contributed by atoms with Crippen molar-refractivity contribution in [1.29, 1.82) is 5.26 Å². The van der Waals surface area contributed by atoms with E-state index in [0.29, 0.717) is 6.42 Å². The van der Waals surface area contributed by atoms with E-state index in [1.54, 1.807) is 4.80 Å². The number of hydrogen-bond donors (Lipinski definition) is 0. The van der Waals surface area contributed by atoms with Crippen molar-refractivity contribution in [2.24, 2.45) is 0 Å². The third-order valence-electron chi connectivity index (χ3n) is 3.60. The van der Waals surface area contributed by atoms with E-state index in [4.69, 9.17) is 5.26 Å². The number of aromatic nitrogens is 3. The largest absolute Gasteiger partial charge is 0.374 e. The molecule has 0 saturated heterocycles. The van der Waals surface area contributed by atoms with Crippen molar-refractivity contribution in [3.8, 4) is 6.07 Å². The molecule has 0 aliphatic carbocycles. The zero-order valence-electron chi connectivity index (χ0n) is 12.9. The molecule has 0 bridgehead atoms. The molecule has 0 radical (unpaired) electrons. The van der Waals surface area contributed by atoms with Crippen molar-refractivity contribution >= 4 is 29.0 Å². The fourth-order valence-corrected chi connectivity index (χ4v) is 2.28. The van der Waals surface area contributed by atoms with Gasteiger partial charge in [0.2, 0.25) is 0 Å². The molecule has 0 aliphatic heterocycles. The topological polar surface area (TPSA) is 57.7 Å². The molecular weight excluding hydrogens is 286 g/mol. The Bertz CT molecular complexity index is 822. The summed E-state index contributed by atoms with van der Waals surface area (Å²) in [7, 11) is 1.99. The molecule has 1 aromatic heterocycles. The summed E-state index contributed by atoms with van der Waals surface area (Å²) in [4.78, 5) is 3.65. The first-order chi connectivity index (χ1) is 11.3. The number of rotatable bonds is 5. The Morgan fingerprint density at radius 1 is 1.09 bits per heavy atom. The summed E-state index contributed by atoms with van der Waals surface area (Å²) in [6.45, 7) is 0.732. The first kappa shape index (κ1) is 14.8. The summed E-state index contributed by atoms with van der Waals surface area (Å²) >= 11 is 0. The van der Waals surface area contributed by atoms with Gasteiger partial charge in [-0.2, -0.15) is 10.1 Å². The number of anilines is 1. The third kappa shape index (κ3) is 3.55. The van der Waals surface area contributed by atoms with E-state index >= 15 is 0 Å². The Hall–Kier alpha value is -3.13. The van der Waals surface area contributed by atoms with Crippen LogP contribution in [0.4, 0.5) is 5.69 Å². The van der Waals surface area contributed by atoms with E-state index in [9.17, 15) is 0 Å². The zero-order valence-corrected chi connectivity index (χ0v) is 12.9. The predicted molar refractivity (Wildman–Crippen MR) is 92.7 cm³/mol. The molecule has 5 heteroatoms. The van der Waals surface area contributed by atoms with Gasteiger partial charge in [-0.15, -0.1) is 10.2 Å². The minimum atomic E-state index is 0.524. The van der Waals surface area contributed by atoms with Crippen LogP contribution in [0.25, 0.3) is 23.3 Å². The molecule has 0 N–H and O–H groups in total. The van der Waals surface area contributed by atoms with Crippen molar-refractivity contribution < 1.29 is 0 Å². The lowest BCUT2D eigenvalue weighted by Gasteiger charge is -2.17. The average molecular weight is 303 g/mol. The normalized spacial score (nSPS) is 11.0. The van der Waals surface area contributed by atoms with Gasteiger partial charge in [0.25, 0.3) is 0 Å². The van der Waals surface area contributed by atoms with Gasteiger partial charge in [-0.25, -0.2) is 0 Å². The highest BCUT2D eigenvalue weighted by atomic mass is 15.5. The molecule has 3 rings (SSSR count). The molecular formula is C18H17N5. The zero-order chi connectivity index (χ0) is 16.1. The Balaban J connectivity index is 1.71. The van der Waals surface area contributed by atoms with E-state index in [2.05, 4.69) is 21.2 Å². The lowest BCUT2D eigenvalue weighted by Crippen LogP contribution is -2.17. The van der Waals surface area contributed by atoms with Crippen LogP contribution in [-0.2, 0) is 0 Å². The molecule has 3 aromatic rings. The number of nitriles is 1. The van der Waals surface area contributed by atoms with Crippen LogP contribution < -0.4 is 4.90 Å². The van der Waals surface area contributed by atoms with Crippen LogP contribution in [0.3, 0.4) is 0 Å². The Morgan fingerprint density at radius 2 is 1.74 bits per heavy atom. The molecule has 0 saturated carbocycles. The molecule has 0 atom stereocenters. The quantitative estimate of drug-likeness (QED) is 0.725. The number of fused-ring (bicyclic) bond motifs is 1. The summed E-state index contributed by atoms with van der Waals surface area (Å²) in [5.41, 5.74) is 3.93. The Kier molecular flexibility index (Phi) is 4.34. The van der Waals surface area contributed by atoms with Gasteiger partial charge in [0.1, 0.15) is 11.0 Å². The second-order valence-electron chi connectivity index (χ2n) is 5.25.